The summed E-state index contributed by atoms with van der Waals surface area (Å²) in [4.78, 5) is 27.8. The topological polar surface area (TPSA) is 87.7 Å². The Morgan fingerprint density at radius 2 is 1.57 bits per heavy atom. The van der Waals surface area contributed by atoms with Crippen LogP contribution < -0.4 is 15.0 Å². The van der Waals surface area contributed by atoms with Crippen molar-refractivity contribution in [1.29, 1.82) is 0 Å². The van der Waals surface area contributed by atoms with Gasteiger partial charge in [0, 0.05) is 37.9 Å². The number of benzene rings is 2. The van der Waals surface area contributed by atoms with Gasteiger partial charge in [0.25, 0.3) is 5.91 Å². The molecule has 0 saturated carbocycles. The second kappa shape index (κ2) is 9.95. The first-order chi connectivity index (χ1) is 16.7. The first kappa shape index (κ1) is 23.9. The number of nitrogens with one attached hydrogen (secondary N) is 1. The predicted molar refractivity (Wildman–Crippen MR) is 118 cm³/mol. The quantitative estimate of drug-likeness (QED) is 0.553. The van der Waals surface area contributed by atoms with Crippen molar-refractivity contribution in [2.45, 2.75) is 6.18 Å². The molecule has 2 aromatic carbocycles. The molecule has 8 nitrogen and oxygen atoms in total. The molecule has 0 unspecified atom stereocenters. The van der Waals surface area contributed by atoms with Gasteiger partial charge >= 0.3 is 12.3 Å². The minimum Gasteiger partial charge on any atom is -0.389 e. The maximum atomic E-state index is 13.3. The van der Waals surface area contributed by atoms with Gasteiger partial charge in [0.15, 0.2) is 5.82 Å². The van der Waals surface area contributed by atoms with E-state index in [1.165, 1.54) is 53.4 Å². The number of alkyl halides is 3. The molecule has 1 aromatic heterocycles. The summed E-state index contributed by atoms with van der Waals surface area (Å²) in [7, 11) is 0. The van der Waals surface area contributed by atoms with Crippen LogP contribution >= 0.6 is 0 Å². The SMILES string of the molecule is O=C(Nc1ccc(F)cc1)Oc1ccc(N2CCN(C(=O)c3ccccc3C(F)(F)F)CC2)nn1. The van der Waals surface area contributed by atoms with Crippen LogP contribution in [0.15, 0.2) is 60.7 Å². The van der Waals surface area contributed by atoms with Crippen LogP contribution in [0.1, 0.15) is 15.9 Å². The molecular weight excluding hydrogens is 470 g/mol. The summed E-state index contributed by atoms with van der Waals surface area (Å²) in [6, 6.07) is 12.8. The molecule has 0 radical (unpaired) electrons. The summed E-state index contributed by atoms with van der Waals surface area (Å²) in [5, 5.41) is 10.3. The van der Waals surface area contributed by atoms with E-state index in [0.29, 0.717) is 24.6 Å². The van der Waals surface area contributed by atoms with Crippen LogP contribution in [0.3, 0.4) is 0 Å². The fraction of sp³-hybridized carbons (Fsp3) is 0.217. The highest BCUT2D eigenvalue weighted by molar-refractivity contribution is 5.96. The molecule has 1 aliphatic heterocycles. The van der Waals surface area contributed by atoms with Crippen LogP contribution in [0, 0.1) is 5.82 Å². The fourth-order valence-corrected chi connectivity index (χ4v) is 3.53. The van der Waals surface area contributed by atoms with Gasteiger partial charge in [-0.15, -0.1) is 10.2 Å². The Hall–Kier alpha value is -4.22. The highest BCUT2D eigenvalue weighted by Crippen LogP contribution is 2.32. The summed E-state index contributed by atoms with van der Waals surface area (Å²) >= 11 is 0. The molecule has 0 atom stereocenters. The van der Waals surface area contributed by atoms with Crippen molar-refractivity contribution in [2.75, 3.05) is 36.4 Å². The van der Waals surface area contributed by atoms with E-state index in [1.807, 2.05) is 4.90 Å². The van der Waals surface area contributed by atoms with Gasteiger partial charge in [-0.3, -0.25) is 10.1 Å². The maximum Gasteiger partial charge on any atom is 0.418 e. The summed E-state index contributed by atoms with van der Waals surface area (Å²) in [5.41, 5.74) is -1.00. The van der Waals surface area contributed by atoms with Crippen molar-refractivity contribution in [1.82, 2.24) is 15.1 Å². The number of anilines is 2. The molecule has 3 aromatic rings. The van der Waals surface area contributed by atoms with Crippen molar-refractivity contribution < 1.29 is 31.9 Å². The average Bonchev–Trinajstić information content (AvgIpc) is 2.85. The number of nitrogens with zero attached hydrogens (tertiary/aromatic N) is 4. The standard InChI is InChI=1S/C23H19F4N5O3/c24-15-5-7-16(8-6-15)28-22(34)35-20-10-9-19(29-30-20)31-11-13-32(14-12-31)21(33)17-3-1-2-4-18(17)23(25,26)27/h1-10H,11-14H2,(H,28,34). The number of halogens is 4. The number of amides is 2. The highest BCUT2D eigenvalue weighted by Gasteiger charge is 2.36. The molecule has 1 aliphatic rings. The summed E-state index contributed by atoms with van der Waals surface area (Å²) in [5.74, 6) is -0.730. The summed E-state index contributed by atoms with van der Waals surface area (Å²) in [6.07, 6.45) is -5.45. The summed E-state index contributed by atoms with van der Waals surface area (Å²) in [6.45, 7) is 1.07. The second-order valence-electron chi connectivity index (χ2n) is 7.57. The van der Waals surface area contributed by atoms with E-state index in [-0.39, 0.29) is 24.5 Å². The molecular formula is C23H19F4N5O3. The van der Waals surface area contributed by atoms with Crippen molar-refractivity contribution in [3.05, 3.63) is 77.6 Å². The molecule has 12 heteroatoms. The molecule has 0 bridgehead atoms. The van der Waals surface area contributed by atoms with Gasteiger partial charge in [-0.1, -0.05) is 12.1 Å². The van der Waals surface area contributed by atoms with Gasteiger partial charge in [-0.05, 0) is 42.5 Å². The van der Waals surface area contributed by atoms with Crippen LogP contribution in [-0.4, -0.2) is 53.3 Å². The first-order valence-electron chi connectivity index (χ1n) is 10.5. The van der Waals surface area contributed by atoms with E-state index < -0.39 is 29.6 Å². The Labute approximate surface area is 197 Å². The second-order valence-corrected chi connectivity index (χ2v) is 7.57. The maximum absolute atomic E-state index is 13.3. The number of hydrogen-bond acceptors (Lipinski definition) is 6. The fourth-order valence-electron chi connectivity index (χ4n) is 3.53. The van der Waals surface area contributed by atoms with Crippen LogP contribution in [0.4, 0.5) is 33.9 Å². The zero-order valence-corrected chi connectivity index (χ0v) is 18.1. The van der Waals surface area contributed by atoms with E-state index in [4.69, 9.17) is 4.74 Å². The zero-order chi connectivity index (χ0) is 25.0. The molecule has 2 amide bonds. The molecule has 35 heavy (non-hydrogen) atoms. The Morgan fingerprint density at radius 3 is 2.20 bits per heavy atom. The molecule has 1 saturated heterocycles. The Bertz CT molecular complexity index is 1200. The zero-order valence-electron chi connectivity index (χ0n) is 18.1. The third-order valence-electron chi connectivity index (χ3n) is 5.27. The van der Waals surface area contributed by atoms with Gasteiger partial charge in [-0.25, -0.2) is 9.18 Å². The van der Waals surface area contributed by atoms with E-state index in [2.05, 4.69) is 15.5 Å². The predicted octanol–water partition coefficient (Wildman–Crippen LogP) is 4.21. The Balaban J connectivity index is 1.32. The third-order valence-corrected chi connectivity index (χ3v) is 5.27. The average molecular weight is 489 g/mol. The summed E-state index contributed by atoms with van der Waals surface area (Å²) < 4.78 is 57.7. The van der Waals surface area contributed by atoms with Gasteiger partial charge in [-0.2, -0.15) is 13.2 Å². The van der Waals surface area contributed by atoms with Crippen LogP contribution in [0.5, 0.6) is 5.88 Å². The molecule has 182 valence electrons. The molecule has 0 aliphatic carbocycles. The Kier molecular flexibility index (Phi) is 6.80. The smallest absolute Gasteiger partial charge is 0.389 e. The van der Waals surface area contributed by atoms with Crippen molar-refractivity contribution >= 4 is 23.5 Å². The number of piperazine rings is 1. The lowest BCUT2D eigenvalue weighted by atomic mass is 10.1. The molecule has 2 heterocycles. The highest BCUT2D eigenvalue weighted by atomic mass is 19.4. The number of aromatic nitrogens is 2. The lowest BCUT2D eigenvalue weighted by Crippen LogP contribution is -2.49. The lowest BCUT2D eigenvalue weighted by Gasteiger charge is -2.35. The van der Waals surface area contributed by atoms with Gasteiger partial charge in [0.2, 0.25) is 5.88 Å². The number of ether oxygens (including phenoxy) is 1. The number of carbonyl (C=O) groups excluding carboxylic acids is 2. The van der Waals surface area contributed by atoms with Crippen LogP contribution in [0.2, 0.25) is 0 Å². The molecule has 1 N–H and O–H groups in total. The normalized spacial score (nSPS) is 13.9. The minimum absolute atomic E-state index is 0.0640. The molecule has 1 fully saturated rings. The monoisotopic (exact) mass is 489 g/mol. The van der Waals surface area contributed by atoms with E-state index >= 15 is 0 Å². The third kappa shape index (κ3) is 5.83. The number of carbonyl (C=O) groups is 2. The van der Waals surface area contributed by atoms with Gasteiger partial charge in [0.1, 0.15) is 5.82 Å². The van der Waals surface area contributed by atoms with Crippen molar-refractivity contribution in [3.63, 3.8) is 0 Å². The van der Waals surface area contributed by atoms with E-state index in [0.717, 1.165) is 6.07 Å². The van der Waals surface area contributed by atoms with Crippen molar-refractivity contribution in [3.8, 4) is 5.88 Å². The largest absolute Gasteiger partial charge is 0.418 e. The van der Waals surface area contributed by atoms with E-state index in [1.54, 1.807) is 6.07 Å². The minimum atomic E-state index is -4.62. The number of rotatable bonds is 4. The van der Waals surface area contributed by atoms with Crippen LogP contribution in [-0.2, 0) is 6.18 Å². The van der Waals surface area contributed by atoms with Gasteiger partial charge < -0.3 is 14.5 Å². The first-order valence-corrected chi connectivity index (χ1v) is 10.5. The van der Waals surface area contributed by atoms with E-state index in [9.17, 15) is 27.2 Å². The van der Waals surface area contributed by atoms with Crippen molar-refractivity contribution in [2.24, 2.45) is 0 Å². The Morgan fingerprint density at radius 1 is 0.886 bits per heavy atom. The van der Waals surface area contributed by atoms with Gasteiger partial charge in [0.05, 0.1) is 11.1 Å². The number of hydrogen-bond donors (Lipinski definition) is 1. The lowest BCUT2D eigenvalue weighted by molar-refractivity contribution is -0.138. The molecule has 4 rings (SSSR count). The van der Waals surface area contributed by atoms with Crippen LogP contribution in [0.25, 0.3) is 0 Å². The molecule has 0 spiro atoms.